The number of hydrogen-bond acceptors (Lipinski definition) is 3. The standard InChI is InChI=1S/C21H16Cl4N2O3S/c22-15-8-6-14(7-9-15)12-27(31(29,30)16-4-2-1-3-5-16)13-21(28)26-20-11-18(24)17(23)10-19(20)25/h1-11H,12-13H2,(H,26,28). The van der Waals surface area contributed by atoms with Gasteiger partial charge in [0, 0.05) is 11.6 Å². The number of carbonyl (C=O) groups is 1. The zero-order valence-electron chi connectivity index (χ0n) is 15.9. The molecule has 0 aliphatic heterocycles. The Bertz CT molecular complexity index is 1190. The molecule has 0 heterocycles. The van der Waals surface area contributed by atoms with Crippen LogP contribution in [0.5, 0.6) is 0 Å². The second-order valence-electron chi connectivity index (χ2n) is 6.51. The third-order valence-corrected chi connectivity index (χ3v) is 7.35. The summed E-state index contributed by atoms with van der Waals surface area (Å²) in [5, 5.41) is 3.73. The van der Waals surface area contributed by atoms with E-state index in [1.165, 1.54) is 24.3 Å². The number of nitrogens with zero attached hydrogens (tertiary/aromatic N) is 1. The molecule has 162 valence electrons. The van der Waals surface area contributed by atoms with Gasteiger partial charge in [0.1, 0.15) is 0 Å². The molecular weight excluding hydrogens is 502 g/mol. The summed E-state index contributed by atoms with van der Waals surface area (Å²) in [6.45, 7) is -0.479. The zero-order valence-corrected chi connectivity index (χ0v) is 19.7. The third kappa shape index (κ3) is 6.13. The van der Waals surface area contributed by atoms with Gasteiger partial charge in [0.25, 0.3) is 0 Å². The summed E-state index contributed by atoms with van der Waals surface area (Å²) in [7, 11) is -3.96. The van der Waals surface area contributed by atoms with E-state index in [0.717, 1.165) is 4.31 Å². The van der Waals surface area contributed by atoms with E-state index in [0.29, 0.717) is 10.6 Å². The molecule has 31 heavy (non-hydrogen) atoms. The van der Waals surface area contributed by atoms with E-state index in [1.807, 2.05) is 0 Å². The summed E-state index contributed by atoms with van der Waals surface area (Å²) in [5.74, 6) is -0.589. The predicted octanol–water partition coefficient (Wildman–Crippen LogP) is 6.13. The fraction of sp³-hybridized carbons (Fsp3) is 0.0952. The Balaban J connectivity index is 1.88. The number of carbonyl (C=O) groups excluding carboxylic acids is 1. The second kappa shape index (κ2) is 10.2. The maximum Gasteiger partial charge on any atom is 0.243 e. The van der Waals surface area contributed by atoms with Crippen molar-refractivity contribution in [3.05, 3.63) is 92.4 Å². The van der Waals surface area contributed by atoms with Crippen LogP contribution in [0.1, 0.15) is 5.56 Å². The summed E-state index contributed by atoms with van der Waals surface area (Å²) in [6.07, 6.45) is 0. The minimum Gasteiger partial charge on any atom is -0.324 e. The van der Waals surface area contributed by atoms with Crippen LogP contribution in [0.2, 0.25) is 20.1 Å². The van der Waals surface area contributed by atoms with Crippen molar-refractivity contribution >= 4 is 68.0 Å². The van der Waals surface area contributed by atoms with Crippen LogP contribution in [-0.4, -0.2) is 25.2 Å². The molecule has 0 saturated carbocycles. The summed E-state index contributed by atoms with van der Waals surface area (Å²) in [5.41, 5.74) is 0.897. The van der Waals surface area contributed by atoms with Crippen molar-refractivity contribution < 1.29 is 13.2 Å². The van der Waals surface area contributed by atoms with E-state index in [9.17, 15) is 13.2 Å². The van der Waals surface area contributed by atoms with E-state index >= 15 is 0 Å². The summed E-state index contributed by atoms with van der Waals surface area (Å²) in [6, 6.07) is 17.4. The molecule has 0 atom stereocenters. The lowest BCUT2D eigenvalue weighted by molar-refractivity contribution is -0.116. The molecular formula is C21H16Cl4N2O3S. The van der Waals surface area contributed by atoms with Crippen molar-refractivity contribution in [2.75, 3.05) is 11.9 Å². The molecule has 0 bridgehead atoms. The number of anilines is 1. The lowest BCUT2D eigenvalue weighted by Gasteiger charge is -2.22. The maximum atomic E-state index is 13.2. The average molecular weight is 518 g/mol. The summed E-state index contributed by atoms with van der Waals surface area (Å²) in [4.78, 5) is 12.8. The van der Waals surface area contributed by atoms with E-state index in [2.05, 4.69) is 5.32 Å². The highest BCUT2D eigenvalue weighted by Crippen LogP contribution is 2.32. The minimum absolute atomic E-state index is 0.0308. The molecule has 5 nitrogen and oxygen atoms in total. The fourth-order valence-electron chi connectivity index (χ4n) is 2.73. The van der Waals surface area contributed by atoms with Crippen LogP contribution in [0.3, 0.4) is 0 Å². The number of hydrogen-bond donors (Lipinski definition) is 1. The number of nitrogens with one attached hydrogen (secondary N) is 1. The van der Waals surface area contributed by atoms with Gasteiger partial charge in [0.2, 0.25) is 15.9 Å². The van der Waals surface area contributed by atoms with Gasteiger partial charge in [-0.3, -0.25) is 4.79 Å². The lowest BCUT2D eigenvalue weighted by atomic mass is 10.2. The van der Waals surface area contributed by atoms with Gasteiger partial charge < -0.3 is 5.32 Å². The van der Waals surface area contributed by atoms with Gasteiger partial charge in [-0.25, -0.2) is 8.42 Å². The molecule has 0 fully saturated rings. The molecule has 3 rings (SSSR count). The van der Waals surface area contributed by atoms with Crippen LogP contribution < -0.4 is 5.32 Å². The molecule has 10 heteroatoms. The number of halogens is 4. The van der Waals surface area contributed by atoms with E-state index < -0.39 is 22.5 Å². The van der Waals surface area contributed by atoms with E-state index in [4.69, 9.17) is 46.4 Å². The Hall–Kier alpha value is -1.80. The molecule has 3 aromatic carbocycles. The first-order valence-corrected chi connectivity index (χ1v) is 11.9. The average Bonchev–Trinajstić information content (AvgIpc) is 2.73. The molecule has 0 aromatic heterocycles. The van der Waals surface area contributed by atoms with Crippen molar-refractivity contribution in [3.8, 4) is 0 Å². The number of amides is 1. The summed E-state index contributed by atoms with van der Waals surface area (Å²) < 4.78 is 27.5. The number of benzene rings is 3. The van der Waals surface area contributed by atoms with Gasteiger partial charge >= 0.3 is 0 Å². The third-order valence-electron chi connectivity index (χ3n) is 4.26. The van der Waals surface area contributed by atoms with Crippen LogP contribution in [-0.2, 0) is 21.4 Å². The van der Waals surface area contributed by atoms with Crippen LogP contribution in [0.15, 0.2) is 71.6 Å². The van der Waals surface area contributed by atoms with Gasteiger partial charge in [0.05, 0.1) is 32.2 Å². The van der Waals surface area contributed by atoms with E-state index in [-0.39, 0.29) is 32.2 Å². The smallest absolute Gasteiger partial charge is 0.243 e. The highest BCUT2D eigenvalue weighted by atomic mass is 35.5. The normalized spacial score (nSPS) is 11.5. The van der Waals surface area contributed by atoms with Gasteiger partial charge in [-0.1, -0.05) is 76.7 Å². The predicted molar refractivity (Wildman–Crippen MR) is 126 cm³/mol. The molecule has 1 amide bonds. The first kappa shape index (κ1) is 23.9. The first-order chi connectivity index (χ1) is 14.7. The highest BCUT2D eigenvalue weighted by Gasteiger charge is 2.27. The van der Waals surface area contributed by atoms with Crippen molar-refractivity contribution in [2.45, 2.75) is 11.4 Å². The number of sulfonamides is 1. The molecule has 0 radical (unpaired) electrons. The lowest BCUT2D eigenvalue weighted by Crippen LogP contribution is -2.37. The molecule has 0 aliphatic carbocycles. The van der Waals surface area contributed by atoms with Gasteiger partial charge in [0.15, 0.2) is 0 Å². The fourth-order valence-corrected chi connectivity index (χ4v) is 4.85. The van der Waals surface area contributed by atoms with Gasteiger partial charge in [-0.2, -0.15) is 4.31 Å². The SMILES string of the molecule is O=C(CN(Cc1ccc(Cl)cc1)S(=O)(=O)c1ccccc1)Nc1cc(Cl)c(Cl)cc1Cl. The minimum atomic E-state index is -3.96. The van der Waals surface area contributed by atoms with Crippen LogP contribution in [0, 0.1) is 0 Å². The quantitative estimate of drug-likeness (QED) is 0.383. The topological polar surface area (TPSA) is 66.5 Å². The molecule has 3 aromatic rings. The Morgan fingerprint density at radius 1 is 0.839 bits per heavy atom. The maximum absolute atomic E-state index is 13.2. The van der Waals surface area contributed by atoms with Crippen LogP contribution in [0.4, 0.5) is 5.69 Å². The van der Waals surface area contributed by atoms with Gasteiger partial charge in [-0.15, -0.1) is 0 Å². The Morgan fingerprint density at radius 2 is 1.45 bits per heavy atom. The summed E-state index contributed by atoms with van der Waals surface area (Å²) >= 11 is 23.9. The molecule has 0 unspecified atom stereocenters. The Labute approximate surface area is 200 Å². The van der Waals surface area contributed by atoms with Crippen molar-refractivity contribution in [2.24, 2.45) is 0 Å². The van der Waals surface area contributed by atoms with Gasteiger partial charge in [-0.05, 0) is 42.0 Å². The van der Waals surface area contributed by atoms with E-state index in [1.54, 1.807) is 42.5 Å². The molecule has 0 saturated heterocycles. The Kier molecular flexibility index (Phi) is 7.86. The number of rotatable bonds is 7. The van der Waals surface area contributed by atoms with Crippen molar-refractivity contribution in [3.63, 3.8) is 0 Å². The van der Waals surface area contributed by atoms with Crippen LogP contribution >= 0.6 is 46.4 Å². The largest absolute Gasteiger partial charge is 0.324 e. The molecule has 1 N–H and O–H groups in total. The monoisotopic (exact) mass is 516 g/mol. The zero-order chi connectivity index (χ0) is 22.6. The van der Waals surface area contributed by atoms with Crippen molar-refractivity contribution in [1.29, 1.82) is 0 Å². The second-order valence-corrected chi connectivity index (χ2v) is 10.1. The highest BCUT2D eigenvalue weighted by molar-refractivity contribution is 7.89. The molecule has 0 aliphatic rings. The Morgan fingerprint density at radius 3 is 2.10 bits per heavy atom. The molecule has 0 spiro atoms. The van der Waals surface area contributed by atoms with Crippen LogP contribution in [0.25, 0.3) is 0 Å². The van der Waals surface area contributed by atoms with Crippen molar-refractivity contribution in [1.82, 2.24) is 4.31 Å². The first-order valence-electron chi connectivity index (χ1n) is 8.91.